The number of fused-ring (bicyclic) bond motifs is 1. The number of aromatic nitrogens is 3. The summed E-state index contributed by atoms with van der Waals surface area (Å²) < 4.78 is 1.84. The maximum Gasteiger partial charge on any atom is 0.157 e. The van der Waals surface area contributed by atoms with Crippen LogP contribution in [0, 0.1) is 6.92 Å². The third-order valence-electron chi connectivity index (χ3n) is 4.44. The van der Waals surface area contributed by atoms with Crippen LogP contribution in [0.4, 0.5) is 5.69 Å². The molecule has 1 aliphatic heterocycles. The fourth-order valence-corrected chi connectivity index (χ4v) is 3.04. The molecule has 0 amide bonds. The van der Waals surface area contributed by atoms with Crippen LogP contribution < -0.4 is 5.32 Å². The van der Waals surface area contributed by atoms with Crippen molar-refractivity contribution in [3.63, 3.8) is 0 Å². The summed E-state index contributed by atoms with van der Waals surface area (Å²) in [5, 5.41) is 9.19. The predicted molar refractivity (Wildman–Crippen MR) is 82.0 cm³/mol. The first-order valence-corrected chi connectivity index (χ1v) is 7.30. The van der Waals surface area contributed by atoms with Crippen molar-refractivity contribution in [3.05, 3.63) is 18.0 Å². The molecule has 20 heavy (non-hydrogen) atoms. The van der Waals surface area contributed by atoms with Gasteiger partial charge in [-0.05, 0) is 39.8 Å². The van der Waals surface area contributed by atoms with E-state index in [2.05, 4.69) is 40.3 Å². The van der Waals surface area contributed by atoms with E-state index in [9.17, 15) is 0 Å². The van der Waals surface area contributed by atoms with E-state index in [4.69, 9.17) is 0 Å². The van der Waals surface area contributed by atoms with Gasteiger partial charge in [0, 0.05) is 31.1 Å². The Kier molecular flexibility index (Phi) is 3.38. The Labute approximate surface area is 120 Å². The zero-order valence-corrected chi connectivity index (χ0v) is 12.7. The van der Waals surface area contributed by atoms with Gasteiger partial charge in [0.2, 0.25) is 0 Å². The number of hydrogen-bond donors (Lipinski definition) is 1. The van der Waals surface area contributed by atoms with Gasteiger partial charge in [0.25, 0.3) is 0 Å². The van der Waals surface area contributed by atoms with E-state index >= 15 is 0 Å². The Bertz CT molecular complexity index is 618. The Hall–Kier alpha value is -1.62. The molecule has 0 spiro atoms. The zero-order chi connectivity index (χ0) is 14.3. The largest absolute Gasteiger partial charge is 0.381 e. The molecule has 0 bridgehead atoms. The molecule has 108 valence electrons. The van der Waals surface area contributed by atoms with Crippen molar-refractivity contribution in [1.82, 2.24) is 19.7 Å². The number of hydrogen-bond acceptors (Lipinski definition) is 4. The highest BCUT2D eigenvalue weighted by Gasteiger charge is 2.22. The maximum absolute atomic E-state index is 4.53. The van der Waals surface area contributed by atoms with Crippen LogP contribution in [0.25, 0.3) is 11.0 Å². The van der Waals surface area contributed by atoms with Crippen molar-refractivity contribution < 1.29 is 0 Å². The van der Waals surface area contributed by atoms with Crippen LogP contribution in [0.15, 0.2) is 12.3 Å². The van der Waals surface area contributed by atoms with E-state index in [-0.39, 0.29) is 0 Å². The average Bonchev–Trinajstić information content (AvgIpc) is 2.69. The van der Waals surface area contributed by atoms with Gasteiger partial charge < -0.3 is 10.2 Å². The highest BCUT2D eigenvalue weighted by atomic mass is 15.3. The van der Waals surface area contributed by atoms with Gasteiger partial charge in [-0.25, -0.2) is 4.98 Å². The van der Waals surface area contributed by atoms with Crippen LogP contribution in [0.3, 0.4) is 0 Å². The fourth-order valence-electron chi connectivity index (χ4n) is 3.04. The van der Waals surface area contributed by atoms with Gasteiger partial charge in [-0.1, -0.05) is 0 Å². The van der Waals surface area contributed by atoms with Gasteiger partial charge in [-0.15, -0.1) is 0 Å². The molecule has 1 fully saturated rings. The second-order valence-corrected chi connectivity index (χ2v) is 6.00. The monoisotopic (exact) mass is 273 g/mol. The molecule has 1 N–H and O–H groups in total. The summed E-state index contributed by atoms with van der Waals surface area (Å²) in [7, 11) is 4.14. The molecule has 0 aromatic carbocycles. The van der Waals surface area contributed by atoms with Crippen LogP contribution in [0.1, 0.15) is 25.5 Å². The highest BCUT2D eigenvalue weighted by Crippen LogP contribution is 2.23. The summed E-state index contributed by atoms with van der Waals surface area (Å²) in [6.07, 6.45) is 4.29. The van der Waals surface area contributed by atoms with Crippen molar-refractivity contribution in [3.8, 4) is 0 Å². The number of anilines is 1. The Morgan fingerprint density at radius 3 is 2.90 bits per heavy atom. The lowest BCUT2D eigenvalue weighted by atomic mass is 9.99. The van der Waals surface area contributed by atoms with Gasteiger partial charge in [0.05, 0.1) is 17.6 Å². The first kappa shape index (κ1) is 13.4. The van der Waals surface area contributed by atoms with Crippen molar-refractivity contribution in [1.29, 1.82) is 0 Å². The van der Waals surface area contributed by atoms with E-state index in [0.29, 0.717) is 12.1 Å². The second kappa shape index (κ2) is 5.05. The molecule has 5 nitrogen and oxygen atoms in total. The third kappa shape index (κ3) is 2.38. The van der Waals surface area contributed by atoms with E-state index < -0.39 is 0 Å². The summed E-state index contributed by atoms with van der Waals surface area (Å²) in [6, 6.07) is 3.35. The minimum absolute atomic E-state index is 0.539. The van der Waals surface area contributed by atoms with Crippen molar-refractivity contribution in [2.24, 2.45) is 7.05 Å². The van der Waals surface area contributed by atoms with Gasteiger partial charge >= 0.3 is 0 Å². The van der Waals surface area contributed by atoms with E-state index in [1.165, 1.54) is 12.8 Å². The van der Waals surface area contributed by atoms with Gasteiger partial charge in [-0.2, -0.15) is 5.10 Å². The molecule has 0 saturated carbocycles. The lowest BCUT2D eigenvalue weighted by Crippen LogP contribution is -2.42. The van der Waals surface area contributed by atoms with Gasteiger partial charge in [0.1, 0.15) is 0 Å². The third-order valence-corrected chi connectivity index (χ3v) is 4.44. The number of nitrogens with one attached hydrogen (secondary N) is 1. The number of aryl methyl sites for hydroxylation is 2. The van der Waals surface area contributed by atoms with Crippen molar-refractivity contribution >= 4 is 16.7 Å². The molecular formula is C15H23N5. The minimum atomic E-state index is 0.539. The molecule has 2 aromatic heterocycles. The van der Waals surface area contributed by atoms with Crippen LogP contribution >= 0.6 is 0 Å². The second-order valence-electron chi connectivity index (χ2n) is 6.00. The first-order valence-electron chi connectivity index (χ1n) is 7.30. The summed E-state index contributed by atoms with van der Waals surface area (Å²) in [5.41, 5.74) is 3.09. The highest BCUT2D eigenvalue weighted by molar-refractivity contribution is 5.81. The predicted octanol–water partition coefficient (Wildman–Crippen LogP) is 2.17. The van der Waals surface area contributed by atoms with E-state index in [1.807, 2.05) is 24.9 Å². The molecular weight excluding hydrogens is 250 g/mol. The molecule has 1 saturated heterocycles. The number of pyridine rings is 1. The Morgan fingerprint density at radius 1 is 1.35 bits per heavy atom. The molecule has 1 aliphatic rings. The SMILES string of the molecule is Cc1nn(C)c2ncc(NC3CCN(C)C(C)C3)cc12. The summed E-state index contributed by atoms with van der Waals surface area (Å²) >= 11 is 0. The van der Waals surface area contributed by atoms with E-state index in [0.717, 1.165) is 29.0 Å². The van der Waals surface area contributed by atoms with E-state index in [1.54, 1.807) is 0 Å². The molecule has 2 atom stereocenters. The van der Waals surface area contributed by atoms with Crippen molar-refractivity contribution in [2.75, 3.05) is 18.9 Å². The summed E-state index contributed by atoms with van der Waals surface area (Å²) in [4.78, 5) is 6.95. The van der Waals surface area contributed by atoms with Crippen LogP contribution in [0.2, 0.25) is 0 Å². The smallest absolute Gasteiger partial charge is 0.157 e. The molecule has 2 unspecified atom stereocenters. The van der Waals surface area contributed by atoms with Crippen LogP contribution in [-0.2, 0) is 7.05 Å². The zero-order valence-electron chi connectivity index (χ0n) is 12.7. The lowest BCUT2D eigenvalue weighted by Gasteiger charge is -2.35. The molecule has 0 aliphatic carbocycles. The number of likely N-dealkylation sites (tertiary alicyclic amines) is 1. The molecule has 0 radical (unpaired) electrons. The molecule has 3 heterocycles. The number of piperidine rings is 1. The number of nitrogens with zero attached hydrogens (tertiary/aromatic N) is 4. The summed E-state index contributed by atoms with van der Waals surface area (Å²) in [5.74, 6) is 0. The maximum atomic E-state index is 4.53. The van der Waals surface area contributed by atoms with Crippen LogP contribution in [-0.4, -0.2) is 45.3 Å². The summed E-state index contributed by atoms with van der Waals surface area (Å²) in [6.45, 7) is 5.48. The minimum Gasteiger partial charge on any atom is -0.381 e. The molecule has 5 heteroatoms. The molecule has 2 aromatic rings. The lowest BCUT2D eigenvalue weighted by molar-refractivity contribution is 0.190. The Morgan fingerprint density at radius 2 is 2.15 bits per heavy atom. The standard InChI is InChI=1S/C15H23N5/c1-10-7-12(5-6-19(10)3)17-13-8-14-11(2)18-20(4)15(14)16-9-13/h8-10,12,17H,5-7H2,1-4H3. The molecule has 3 rings (SSSR count). The van der Waals surface area contributed by atoms with Gasteiger partial charge in [0.15, 0.2) is 5.65 Å². The normalized spacial score (nSPS) is 24.2. The Balaban J connectivity index is 1.79. The van der Waals surface area contributed by atoms with Crippen molar-refractivity contribution in [2.45, 2.75) is 38.8 Å². The quantitative estimate of drug-likeness (QED) is 0.911. The topological polar surface area (TPSA) is 46.0 Å². The number of rotatable bonds is 2. The first-order chi connectivity index (χ1) is 9.54. The fraction of sp³-hybridized carbons (Fsp3) is 0.600. The van der Waals surface area contributed by atoms with Crippen LogP contribution in [0.5, 0.6) is 0 Å². The average molecular weight is 273 g/mol. The van der Waals surface area contributed by atoms with Gasteiger partial charge in [-0.3, -0.25) is 4.68 Å².